The number of aromatic amines is 1. The summed E-state index contributed by atoms with van der Waals surface area (Å²) in [6.45, 7) is 8.01. The molecule has 2 aromatic carbocycles. The van der Waals surface area contributed by atoms with Gasteiger partial charge in [0.1, 0.15) is 0 Å². The SMILES string of the molecule is CCN(CC)Cc1ccc(CNC(=O)CCn2c(=S)[nH]c3ccccc3c2=O)cc1. The van der Waals surface area contributed by atoms with Gasteiger partial charge in [-0.15, -0.1) is 0 Å². The minimum atomic E-state index is -0.175. The van der Waals surface area contributed by atoms with Gasteiger partial charge in [-0.05, 0) is 48.6 Å². The zero-order chi connectivity index (χ0) is 21.5. The summed E-state index contributed by atoms with van der Waals surface area (Å²) in [5.74, 6) is -0.114. The average Bonchev–Trinajstić information content (AvgIpc) is 2.76. The minimum absolute atomic E-state index is 0.114. The zero-order valence-electron chi connectivity index (χ0n) is 17.5. The Balaban J connectivity index is 1.55. The second-order valence-electron chi connectivity index (χ2n) is 7.24. The lowest BCUT2D eigenvalue weighted by molar-refractivity contribution is -0.121. The van der Waals surface area contributed by atoms with Gasteiger partial charge < -0.3 is 10.3 Å². The number of hydrogen-bond acceptors (Lipinski definition) is 4. The molecule has 0 aliphatic carbocycles. The van der Waals surface area contributed by atoms with E-state index < -0.39 is 0 Å². The molecule has 1 amide bonds. The molecular weight excluding hydrogens is 396 g/mol. The van der Waals surface area contributed by atoms with E-state index in [0.717, 1.165) is 25.2 Å². The third kappa shape index (κ3) is 5.43. The number of nitrogens with one attached hydrogen (secondary N) is 2. The van der Waals surface area contributed by atoms with Crippen molar-refractivity contribution in [3.05, 3.63) is 74.8 Å². The minimum Gasteiger partial charge on any atom is -0.352 e. The number of hydrogen-bond donors (Lipinski definition) is 2. The van der Waals surface area contributed by atoms with Gasteiger partial charge >= 0.3 is 0 Å². The van der Waals surface area contributed by atoms with Gasteiger partial charge in [-0.1, -0.05) is 50.2 Å². The molecule has 3 aromatic rings. The smallest absolute Gasteiger partial charge is 0.262 e. The molecule has 0 bridgehead atoms. The molecule has 3 rings (SSSR count). The van der Waals surface area contributed by atoms with E-state index in [1.807, 2.05) is 30.3 Å². The van der Waals surface area contributed by atoms with Crippen LogP contribution in [0, 0.1) is 4.77 Å². The number of carbonyl (C=O) groups is 1. The van der Waals surface area contributed by atoms with Crippen LogP contribution in [0.5, 0.6) is 0 Å². The van der Waals surface area contributed by atoms with E-state index in [1.165, 1.54) is 10.1 Å². The van der Waals surface area contributed by atoms with Gasteiger partial charge in [0, 0.05) is 26.1 Å². The van der Waals surface area contributed by atoms with Gasteiger partial charge in [-0.3, -0.25) is 19.1 Å². The summed E-state index contributed by atoms with van der Waals surface area (Å²) in [5, 5.41) is 3.48. The summed E-state index contributed by atoms with van der Waals surface area (Å²) in [6.07, 6.45) is 0.190. The van der Waals surface area contributed by atoms with E-state index in [1.54, 1.807) is 6.07 Å². The molecule has 1 heterocycles. The van der Waals surface area contributed by atoms with Crippen molar-refractivity contribution in [2.45, 2.75) is 39.9 Å². The fourth-order valence-corrected chi connectivity index (χ4v) is 3.66. The fourth-order valence-electron chi connectivity index (χ4n) is 3.37. The van der Waals surface area contributed by atoms with Gasteiger partial charge in [-0.25, -0.2) is 0 Å². The standard InChI is InChI=1S/C23H28N4O2S/c1-3-26(4-2)16-18-11-9-17(10-12-18)15-24-21(28)13-14-27-22(29)19-7-5-6-8-20(19)25-23(27)30/h5-12H,3-4,13-16H2,1-2H3,(H,24,28)(H,25,30). The number of para-hydroxylation sites is 1. The molecule has 0 saturated carbocycles. The largest absolute Gasteiger partial charge is 0.352 e. The van der Waals surface area contributed by atoms with E-state index in [-0.39, 0.29) is 24.4 Å². The predicted molar refractivity (Wildman–Crippen MR) is 123 cm³/mol. The first-order valence-electron chi connectivity index (χ1n) is 10.3. The molecule has 0 fully saturated rings. The van der Waals surface area contributed by atoms with Crippen molar-refractivity contribution in [2.75, 3.05) is 13.1 Å². The Labute approximate surface area is 181 Å². The van der Waals surface area contributed by atoms with Crippen LogP contribution in [-0.2, 0) is 24.4 Å². The maximum atomic E-state index is 12.6. The maximum Gasteiger partial charge on any atom is 0.262 e. The number of rotatable bonds is 9. The van der Waals surface area contributed by atoms with Crippen molar-refractivity contribution in [1.29, 1.82) is 0 Å². The Morgan fingerprint density at radius 2 is 1.73 bits per heavy atom. The molecule has 6 nitrogen and oxygen atoms in total. The van der Waals surface area contributed by atoms with Crippen molar-refractivity contribution in [3.8, 4) is 0 Å². The van der Waals surface area contributed by atoms with Crippen LogP contribution in [0.25, 0.3) is 10.9 Å². The van der Waals surface area contributed by atoms with Crippen LogP contribution in [0.3, 0.4) is 0 Å². The van der Waals surface area contributed by atoms with Crippen molar-refractivity contribution >= 4 is 29.0 Å². The highest BCUT2D eigenvalue weighted by molar-refractivity contribution is 7.71. The molecule has 0 radical (unpaired) electrons. The molecule has 30 heavy (non-hydrogen) atoms. The quantitative estimate of drug-likeness (QED) is 0.515. The van der Waals surface area contributed by atoms with E-state index in [4.69, 9.17) is 12.2 Å². The van der Waals surface area contributed by atoms with Crippen molar-refractivity contribution in [3.63, 3.8) is 0 Å². The van der Waals surface area contributed by atoms with E-state index in [9.17, 15) is 9.59 Å². The van der Waals surface area contributed by atoms with E-state index in [2.05, 4.69) is 41.2 Å². The first kappa shape index (κ1) is 21.9. The summed E-state index contributed by atoms with van der Waals surface area (Å²) in [5.41, 5.74) is 2.84. The summed E-state index contributed by atoms with van der Waals surface area (Å²) >= 11 is 5.29. The summed E-state index contributed by atoms with van der Waals surface area (Å²) in [6, 6.07) is 15.5. The van der Waals surface area contributed by atoms with E-state index >= 15 is 0 Å². The third-order valence-corrected chi connectivity index (χ3v) is 5.59. The van der Waals surface area contributed by atoms with Crippen LogP contribution in [0.1, 0.15) is 31.4 Å². The second kappa shape index (κ2) is 10.3. The molecule has 0 aliphatic heterocycles. The topological polar surface area (TPSA) is 70.1 Å². The summed E-state index contributed by atoms with van der Waals surface area (Å²) < 4.78 is 1.77. The molecule has 158 valence electrons. The number of benzene rings is 2. The van der Waals surface area contributed by atoms with Crippen LogP contribution >= 0.6 is 12.2 Å². The highest BCUT2D eigenvalue weighted by Gasteiger charge is 2.08. The molecular formula is C23H28N4O2S. The Bertz CT molecular complexity index is 1110. The molecule has 7 heteroatoms. The lowest BCUT2D eigenvalue weighted by atomic mass is 10.1. The predicted octanol–water partition coefficient (Wildman–Crippen LogP) is 3.61. The molecule has 0 unspecified atom stereocenters. The average molecular weight is 425 g/mol. The van der Waals surface area contributed by atoms with Crippen LogP contribution in [-0.4, -0.2) is 33.4 Å². The first-order valence-corrected chi connectivity index (χ1v) is 10.7. The Hall–Kier alpha value is -2.77. The van der Waals surface area contributed by atoms with Gasteiger partial charge in [-0.2, -0.15) is 0 Å². The Kier molecular flexibility index (Phi) is 7.54. The number of fused-ring (bicyclic) bond motifs is 1. The van der Waals surface area contributed by atoms with Gasteiger partial charge in [0.25, 0.3) is 5.56 Å². The number of amides is 1. The van der Waals surface area contributed by atoms with Crippen molar-refractivity contribution in [2.24, 2.45) is 0 Å². The Morgan fingerprint density at radius 1 is 1.07 bits per heavy atom. The number of aromatic nitrogens is 2. The lowest BCUT2D eigenvalue weighted by Crippen LogP contribution is -2.28. The molecule has 0 spiro atoms. The zero-order valence-corrected chi connectivity index (χ0v) is 18.3. The number of nitrogens with zero attached hydrogens (tertiary/aromatic N) is 2. The van der Waals surface area contributed by atoms with Crippen LogP contribution in [0.2, 0.25) is 0 Å². The van der Waals surface area contributed by atoms with Crippen molar-refractivity contribution in [1.82, 2.24) is 19.8 Å². The fraction of sp³-hybridized carbons (Fsp3) is 0.348. The first-order chi connectivity index (χ1) is 14.5. The monoisotopic (exact) mass is 424 g/mol. The lowest BCUT2D eigenvalue weighted by Gasteiger charge is -2.18. The van der Waals surface area contributed by atoms with Gasteiger partial charge in [0.2, 0.25) is 5.91 Å². The molecule has 0 aliphatic rings. The van der Waals surface area contributed by atoms with E-state index in [0.29, 0.717) is 22.2 Å². The van der Waals surface area contributed by atoms with Gasteiger partial charge in [0.15, 0.2) is 4.77 Å². The van der Waals surface area contributed by atoms with Crippen molar-refractivity contribution < 1.29 is 4.79 Å². The van der Waals surface area contributed by atoms with Crippen LogP contribution in [0.15, 0.2) is 53.3 Å². The normalized spacial score (nSPS) is 11.2. The molecule has 2 N–H and O–H groups in total. The highest BCUT2D eigenvalue weighted by Crippen LogP contribution is 2.08. The van der Waals surface area contributed by atoms with Crippen LogP contribution < -0.4 is 10.9 Å². The number of carbonyl (C=O) groups excluding carboxylic acids is 1. The highest BCUT2D eigenvalue weighted by atomic mass is 32.1. The molecule has 1 aromatic heterocycles. The molecule has 0 saturated heterocycles. The second-order valence-corrected chi connectivity index (χ2v) is 7.62. The number of H-pyrrole nitrogens is 1. The third-order valence-electron chi connectivity index (χ3n) is 5.27. The van der Waals surface area contributed by atoms with Crippen LogP contribution in [0.4, 0.5) is 0 Å². The van der Waals surface area contributed by atoms with Gasteiger partial charge in [0.05, 0.1) is 10.9 Å². The summed E-state index contributed by atoms with van der Waals surface area (Å²) in [4.78, 5) is 30.3. The Morgan fingerprint density at radius 3 is 2.43 bits per heavy atom. The summed E-state index contributed by atoms with van der Waals surface area (Å²) in [7, 11) is 0. The molecule has 0 atom stereocenters. The maximum absolute atomic E-state index is 12.6.